The number of hydrogen-bond acceptors (Lipinski definition) is 1. The zero-order chi connectivity index (χ0) is 29.5. The highest BCUT2D eigenvalue weighted by Gasteiger charge is 2.16. The first-order valence-electron chi connectivity index (χ1n) is 15.2. The first-order valence-corrected chi connectivity index (χ1v) is 15.2. The third kappa shape index (κ3) is 58.4. The van der Waals surface area contributed by atoms with Gasteiger partial charge in [-0.05, 0) is 49.6 Å². The molecule has 0 saturated heterocycles. The van der Waals surface area contributed by atoms with Crippen molar-refractivity contribution in [3.63, 3.8) is 0 Å². The van der Waals surface area contributed by atoms with E-state index >= 15 is 0 Å². The van der Waals surface area contributed by atoms with Crippen molar-refractivity contribution in [2.45, 2.75) is 146 Å². The molecule has 0 heterocycles. The zero-order valence-electron chi connectivity index (χ0n) is 26.9. The Labute approximate surface area is 232 Å². The van der Waals surface area contributed by atoms with Crippen LogP contribution >= 0.6 is 0 Å². The lowest BCUT2D eigenvalue weighted by atomic mass is 9.81. The predicted molar refractivity (Wildman–Crippen MR) is 177 cm³/mol. The minimum absolute atomic E-state index is 0.842. The Morgan fingerprint density at radius 1 is 0.833 bits per heavy atom. The van der Waals surface area contributed by atoms with Crippen LogP contribution in [0.3, 0.4) is 0 Å². The molecule has 1 nitrogen and oxygen atoms in total. The molecule has 1 aliphatic carbocycles. The second-order valence-corrected chi connectivity index (χ2v) is 8.78. The van der Waals surface area contributed by atoms with Crippen LogP contribution in [0, 0.1) is 17.8 Å². The van der Waals surface area contributed by atoms with Crippen molar-refractivity contribution in [3.05, 3.63) is 63.4 Å². The number of nitrogens with two attached hydrogens (primary N) is 1. The molecule has 1 heteroatoms. The number of hydrogen-bond donors (Lipinski definition) is 1. The van der Waals surface area contributed by atoms with E-state index in [4.69, 9.17) is 0 Å². The molecule has 0 aromatic heterocycles. The van der Waals surface area contributed by atoms with Gasteiger partial charge in [0.05, 0.1) is 0 Å². The molecule has 0 aromatic carbocycles. The average molecular weight is 508 g/mol. The van der Waals surface area contributed by atoms with Gasteiger partial charge in [0.25, 0.3) is 0 Å². The van der Waals surface area contributed by atoms with E-state index < -0.39 is 0 Å². The summed E-state index contributed by atoms with van der Waals surface area (Å²) in [7, 11) is 0. The van der Waals surface area contributed by atoms with Crippen molar-refractivity contribution in [3.8, 4) is 0 Å². The molecular formula is C35H73N. The molecule has 0 radical (unpaired) electrons. The van der Waals surface area contributed by atoms with E-state index in [9.17, 15) is 0 Å². The van der Waals surface area contributed by atoms with E-state index in [1.807, 2.05) is 45.9 Å². The predicted octanol–water partition coefficient (Wildman–Crippen LogP) is 12.9. The standard InChI is InChI=1S/C13H22.C11H22.C3H8.C2H5N.2C2H6.C2H4/c1-4-6-8-10-12-13(3)11-9-7-5-2;1-3-4-5-11-8-6-10(2)7-9-11;1-3-2;1-2-3;3*1-2/h4-6,8,13H,1-2,7,9-12H2,3H3;10-11H,3-9H2,1-2H3;3H2,1-2H3;2H,1,3H2;2*1-2H3;1-2H2/b8-6-;;;;;;. The van der Waals surface area contributed by atoms with Gasteiger partial charge >= 0.3 is 0 Å². The van der Waals surface area contributed by atoms with Crippen LogP contribution in [0.2, 0.25) is 0 Å². The molecule has 1 unspecified atom stereocenters. The Morgan fingerprint density at radius 2 is 1.31 bits per heavy atom. The lowest BCUT2D eigenvalue weighted by Gasteiger charge is -2.25. The van der Waals surface area contributed by atoms with E-state index in [-0.39, 0.29) is 0 Å². The van der Waals surface area contributed by atoms with Gasteiger partial charge in [-0.2, -0.15) is 0 Å². The lowest BCUT2D eigenvalue weighted by molar-refractivity contribution is 0.273. The van der Waals surface area contributed by atoms with Gasteiger partial charge in [0.2, 0.25) is 0 Å². The average Bonchev–Trinajstić information content (AvgIpc) is 2.91. The van der Waals surface area contributed by atoms with Crippen LogP contribution in [0.25, 0.3) is 0 Å². The Kier molecular flexibility index (Phi) is 72.1. The summed E-state index contributed by atoms with van der Waals surface area (Å²) >= 11 is 0. The van der Waals surface area contributed by atoms with Gasteiger partial charge in [0.15, 0.2) is 0 Å². The second-order valence-electron chi connectivity index (χ2n) is 8.78. The molecule has 218 valence electrons. The molecule has 1 aliphatic rings. The van der Waals surface area contributed by atoms with E-state index in [0.29, 0.717) is 0 Å². The van der Waals surface area contributed by atoms with E-state index in [1.165, 1.54) is 83.2 Å². The maximum absolute atomic E-state index is 4.61. The maximum atomic E-state index is 4.61. The summed E-state index contributed by atoms with van der Waals surface area (Å²) in [5, 5.41) is 0. The third-order valence-corrected chi connectivity index (χ3v) is 5.30. The third-order valence-electron chi connectivity index (χ3n) is 5.30. The summed E-state index contributed by atoms with van der Waals surface area (Å²) in [5.74, 6) is 2.95. The molecule has 1 saturated carbocycles. The van der Waals surface area contributed by atoms with Crippen LogP contribution in [-0.2, 0) is 0 Å². The quantitative estimate of drug-likeness (QED) is 0.168. The molecule has 0 aromatic rings. The Bertz CT molecular complexity index is 371. The lowest BCUT2D eigenvalue weighted by Crippen LogP contribution is -2.11. The van der Waals surface area contributed by atoms with Crippen molar-refractivity contribution in [1.82, 2.24) is 0 Å². The fourth-order valence-corrected chi connectivity index (χ4v) is 3.44. The zero-order valence-corrected chi connectivity index (χ0v) is 26.9. The van der Waals surface area contributed by atoms with E-state index in [0.717, 1.165) is 24.2 Å². The summed E-state index contributed by atoms with van der Waals surface area (Å²) in [6.45, 7) is 35.8. The van der Waals surface area contributed by atoms with E-state index in [1.54, 1.807) is 0 Å². The van der Waals surface area contributed by atoms with Crippen LogP contribution < -0.4 is 5.73 Å². The Hall–Kier alpha value is -1.50. The first-order chi connectivity index (χ1) is 17.5. The van der Waals surface area contributed by atoms with Crippen molar-refractivity contribution in [1.29, 1.82) is 0 Å². The van der Waals surface area contributed by atoms with Gasteiger partial charge < -0.3 is 5.73 Å². The fraction of sp³-hybridized carbons (Fsp3) is 0.714. The fourth-order valence-electron chi connectivity index (χ4n) is 3.44. The molecule has 0 aliphatic heterocycles. The summed E-state index contributed by atoms with van der Waals surface area (Å²) in [4.78, 5) is 0. The van der Waals surface area contributed by atoms with Crippen LogP contribution in [-0.4, -0.2) is 0 Å². The van der Waals surface area contributed by atoms with Crippen molar-refractivity contribution >= 4 is 0 Å². The Balaban J connectivity index is -0.0000000878. The minimum atomic E-state index is 0.842. The van der Waals surface area contributed by atoms with Gasteiger partial charge in [0, 0.05) is 0 Å². The summed E-state index contributed by atoms with van der Waals surface area (Å²) in [5.41, 5.74) is 4.61. The molecule has 0 amide bonds. The van der Waals surface area contributed by atoms with Gasteiger partial charge in [-0.3, -0.25) is 0 Å². The molecule has 1 rings (SSSR count). The number of unbranched alkanes of at least 4 members (excludes halogenated alkanes) is 2. The largest absolute Gasteiger partial charge is 0.405 e. The van der Waals surface area contributed by atoms with Crippen molar-refractivity contribution in [2.24, 2.45) is 23.5 Å². The van der Waals surface area contributed by atoms with Crippen LogP contribution in [0.4, 0.5) is 0 Å². The highest BCUT2D eigenvalue weighted by molar-refractivity contribution is 4.96. The maximum Gasteiger partial charge on any atom is -0.0136 e. The second kappa shape index (κ2) is 54.4. The molecule has 1 fully saturated rings. The summed E-state index contributed by atoms with van der Waals surface area (Å²) in [6.07, 6.45) is 27.2. The Morgan fingerprint density at radius 3 is 1.69 bits per heavy atom. The normalized spacial score (nSPS) is 15.8. The van der Waals surface area contributed by atoms with Crippen molar-refractivity contribution in [2.75, 3.05) is 0 Å². The monoisotopic (exact) mass is 508 g/mol. The number of rotatable bonds is 11. The van der Waals surface area contributed by atoms with Gasteiger partial charge in [-0.25, -0.2) is 0 Å². The van der Waals surface area contributed by atoms with Crippen LogP contribution in [0.15, 0.2) is 63.4 Å². The highest BCUT2D eigenvalue weighted by Crippen LogP contribution is 2.31. The molecule has 2 N–H and O–H groups in total. The van der Waals surface area contributed by atoms with Gasteiger partial charge in [-0.1, -0.05) is 158 Å². The van der Waals surface area contributed by atoms with E-state index in [2.05, 4.69) is 79.3 Å². The van der Waals surface area contributed by atoms with Gasteiger partial charge in [-0.15, -0.1) is 19.7 Å². The minimum Gasteiger partial charge on any atom is -0.405 e. The molecule has 0 bridgehead atoms. The first kappa shape index (κ1) is 47.7. The van der Waals surface area contributed by atoms with Crippen molar-refractivity contribution < 1.29 is 0 Å². The topological polar surface area (TPSA) is 26.0 Å². The highest BCUT2D eigenvalue weighted by atomic mass is 14.5. The van der Waals surface area contributed by atoms with Gasteiger partial charge in [0.1, 0.15) is 0 Å². The molecule has 0 spiro atoms. The van der Waals surface area contributed by atoms with Crippen LogP contribution in [0.1, 0.15) is 146 Å². The van der Waals surface area contributed by atoms with Crippen LogP contribution in [0.5, 0.6) is 0 Å². The summed E-state index contributed by atoms with van der Waals surface area (Å²) in [6, 6.07) is 0. The summed E-state index contributed by atoms with van der Waals surface area (Å²) < 4.78 is 0. The molecule has 36 heavy (non-hydrogen) atoms. The SMILES string of the molecule is C=C.C=C/C=C\CCC(C)CCCC=C.C=CN.CC.CC.CCC.CCCCC1CCC(C)CC1. The smallest absolute Gasteiger partial charge is 0.0136 e. The molecular weight excluding hydrogens is 434 g/mol. The molecule has 1 atom stereocenters. The number of allylic oxidation sites excluding steroid dienone is 4.